The number of hydrogen-bond donors (Lipinski definition) is 0. The molecule has 0 saturated heterocycles. The number of halogens is 1. The molecule has 2 aromatic rings. The third-order valence-corrected chi connectivity index (χ3v) is 5.07. The van der Waals surface area contributed by atoms with Crippen LogP contribution in [0.1, 0.15) is 50.9 Å². The highest BCUT2D eigenvalue weighted by Gasteiger charge is 2.38. The number of carbonyl (C=O) groups is 1. The minimum Gasteiger partial charge on any atom is -0.444 e. The average molecular weight is 375 g/mol. The van der Waals surface area contributed by atoms with Gasteiger partial charge in [0.2, 0.25) is 0 Å². The van der Waals surface area contributed by atoms with Gasteiger partial charge in [0.25, 0.3) is 0 Å². The summed E-state index contributed by atoms with van der Waals surface area (Å²) in [6, 6.07) is 6.11. The summed E-state index contributed by atoms with van der Waals surface area (Å²) >= 11 is 6.07. The Morgan fingerprint density at radius 3 is 2.65 bits per heavy atom. The van der Waals surface area contributed by atoms with Gasteiger partial charge in [0.05, 0.1) is 5.56 Å². The van der Waals surface area contributed by atoms with Crippen molar-refractivity contribution in [3.05, 3.63) is 28.5 Å². The normalized spacial score (nSPS) is 19.7. The Bertz CT molecular complexity index is 901. The number of rotatable bonds is 2. The Balaban J connectivity index is 1.81. The van der Waals surface area contributed by atoms with E-state index in [1.807, 2.05) is 33.8 Å². The number of nitriles is 1. The maximum Gasteiger partial charge on any atom is 0.410 e. The molecule has 0 unspecified atom stereocenters. The highest BCUT2D eigenvalue weighted by atomic mass is 35.5. The molecule has 3 rings (SSSR count). The number of carbonyl (C=O) groups excluding carboxylic acids is 1. The summed E-state index contributed by atoms with van der Waals surface area (Å²) in [6.07, 6.45) is 1.27. The molecule has 0 spiro atoms. The first kappa shape index (κ1) is 18.5. The molecule has 0 aromatic carbocycles. The van der Waals surface area contributed by atoms with Gasteiger partial charge in [-0.25, -0.2) is 9.78 Å². The Morgan fingerprint density at radius 2 is 2.08 bits per heavy atom. The van der Waals surface area contributed by atoms with E-state index >= 15 is 0 Å². The van der Waals surface area contributed by atoms with E-state index in [1.165, 1.54) is 0 Å². The molecule has 1 amide bonds. The van der Waals surface area contributed by atoms with Crippen molar-refractivity contribution in [2.45, 2.75) is 58.2 Å². The van der Waals surface area contributed by atoms with E-state index in [9.17, 15) is 10.1 Å². The van der Waals surface area contributed by atoms with Crippen molar-refractivity contribution in [2.75, 3.05) is 7.05 Å². The average Bonchev–Trinajstić information content (AvgIpc) is 2.75. The molecular formula is C19H23ClN4O2. The number of hydrogen-bond acceptors (Lipinski definition) is 4. The van der Waals surface area contributed by atoms with Gasteiger partial charge < -0.3 is 14.2 Å². The summed E-state index contributed by atoms with van der Waals surface area (Å²) in [6.45, 7) is 7.50. The molecule has 0 radical (unpaired) electrons. The Hall–Kier alpha value is -2.26. The zero-order valence-electron chi connectivity index (χ0n) is 15.7. The fourth-order valence-electron chi connectivity index (χ4n) is 3.44. The molecule has 1 aliphatic carbocycles. The Morgan fingerprint density at radius 1 is 1.42 bits per heavy atom. The van der Waals surface area contributed by atoms with Crippen LogP contribution in [0.4, 0.5) is 4.79 Å². The van der Waals surface area contributed by atoms with Crippen molar-refractivity contribution >= 4 is 28.7 Å². The van der Waals surface area contributed by atoms with Crippen LogP contribution in [0, 0.1) is 18.3 Å². The number of ether oxygens (including phenoxy) is 1. The molecule has 1 fully saturated rings. The van der Waals surface area contributed by atoms with Gasteiger partial charge in [-0.3, -0.25) is 0 Å². The van der Waals surface area contributed by atoms with E-state index < -0.39 is 5.60 Å². The first-order valence-corrected chi connectivity index (χ1v) is 9.03. The zero-order chi connectivity index (χ0) is 19.2. The highest BCUT2D eigenvalue weighted by Crippen LogP contribution is 2.40. The molecule has 7 heteroatoms. The van der Waals surface area contributed by atoms with Gasteiger partial charge in [0.15, 0.2) is 0 Å². The summed E-state index contributed by atoms with van der Waals surface area (Å²) in [4.78, 5) is 18.3. The van der Waals surface area contributed by atoms with Gasteiger partial charge in [-0.1, -0.05) is 11.6 Å². The summed E-state index contributed by atoms with van der Waals surface area (Å²) in [5.74, 6) is 0. The second kappa shape index (κ2) is 6.48. The van der Waals surface area contributed by atoms with E-state index in [0.29, 0.717) is 10.7 Å². The van der Waals surface area contributed by atoms with Crippen LogP contribution >= 0.6 is 11.6 Å². The molecule has 138 valence electrons. The van der Waals surface area contributed by atoms with Crippen molar-refractivity contribution in [3.63, 3.8) is 0 Å². The van der Waals surface area contributed by atoms with E-state index in [2.05, 4.69) is 15.6 Å². The van der Waals surface area contributed by atoms with Gasteiger partial charge in [0.1, 0.15) is 22.5 Å². The smallest absolute Gasteiger partial charge is 0.410 e. The maximum atomic E-state index is 12.2. The summed E-state index contributed by atoms with van der Waals surface area (Å²) in [5, 5.41) is 10.7. The molecule has 6 nitrogen and oxygen atoms in total. The monoisotopic (exact) mass is 374 g/mol. The second-order valence-corrected chi connectivity index (χ2v) is 8.20. The van der Waals surface area contributed by atoms with Gasteiger partial charge in [-0.15, -0.1) is 0 Å². The summed E-state index contributed by atoms with van der Waals surface area (Å²) < 4.78 is 7.52. The van der Waals surface area contributed by atoms with Crippen LogP contribution in [0.3, 0.4) is 0 Å². The predicted molar refractivity (Wildman–Crippen MR) is 100 cm³/mol. The van der Waals surface area contributed by atoms with Gasteiger partial charge >= 0.3 is 6.09 Å². The lowest BCUT2D eigenvalue weighted by atomic mass is 9.85. The molecule has 1 saturated carbocycles. The fourth-order valence-corrected chi connectivity index (χ4v) is 3.58. The molecule has 0 bridgehead atoms. The quantitative estimate of drug-likeness (QED) is 0.728. The molecule has 1 aliphatic rings. The number of aromatic nitrogens is 2. The van der Waals surface area contributed by atoms with Crippen molar-refractivity contribution in [1.29, 1.82) is 5.26 Å². The lowest BCUT2D eigenvalue weighted by molar-refractivity contribution is 0.00799. The van der Waals surface area contributed by atoms with Gasteiger partial charge in [-0.05, 0) is 52.7 Å². The number of nitrogens with zero attached hydrogens (tertiary/aromatic N) is 4. The van der Waals surface area contributed by atoms with Gasteiger partial charge in [-0.2, -0.15) is 5.26 Å². The predicted octanol–water partition coefficient (Wildman–Crippen LogP) is 4.44. The highest BCUT2D eigenvalue weighted by molar-refractivity contribution is 6.29. The number of fused-ring (bicyclic) bond motifs is 1. The molecule has 26 heavy (non-hydrogen) atoms. The summed E-state index contributed by atoms with van der Waals surface area (Å²) in [5.41, 5.74) is 1.74. The van der Waals surface area contributed by atoms with Crippen LogP contribution in [0.5, 0.6) is 0 Å². The lowest BCUT2D eigenvalue weighted by Gasteiger charge is -2.42. The minimum absolute atomic E-state index is 0.108. The molecule has 0 atom stereocenters. The Kier molecular flexibility index (Phi) is 4.61. The van der Waals surface area contributed by atoms with Crippen molar-refractivity contribution in [2.24, 2.45) is 0 Å². The Labute approximate surface area is 158 Å². The first-order valence-electron chi connectivity index (χ1n) is 8.65. The van der Waals surface area contributed by atoms with Crippen molar-refractivity contribution < 1.29 is 9.53 Å². The maximum absolute atomic E-state index is 12.2. The topological polar surface area (TPSA) is 71.2 Å². The first-order chi connectivity index (χ1) is 12.1. The SMILES string of the molecule is Cc1c(C#N)c2ccc(Cl)nc2n1[C@H]1C[C@H](N(C)C(=O)OC(C)(C)C)C1. The van der Waals surface area contributed by atoms with Crippen LogP contribution in [0.25, 0.3) is 11.0 Å². The van der Waals surface area contributed by atoms with Crippen molar-refractivity contribution in [1.82, 2.24) is 14.5 Å². The van der Waals surface area contributed by atoms with E-state index in [1.54, 1.807) is 18.0 Å². The standard InChI is InChI=1S/C19H23ClN4O2/c1-11-15(10-21)14-6-7-16(20)22-17(14)24(11)13-8-12(9-13)23(5)18(25)26-19(2,3)4/h6-7,12-13H,8-9H2,1-5H3/t12-,13-. The lowest BCUT2D eigenvalue weighted by Crippen LogP contribution is -2.48. The van der Waals surface area contributed by atoms with Crippen molar-refractivity contribution in [3.8, 4) is 6.07 Å². The van der Waals surface area contributed by atoms with Crippen LogP contribution in [-0.4, -0.2) is 39.2 Å². The largest absolute Gasteiger partial charge is 0.444 e. The van der Waals surface area contributed by atoms with Crippen LogP contribution in [-0.2, 0) is 4.74 Å². The van der Waals surface area contributed by atoms with E-state index in [0.717, 1.165) is 29.6 Å². The number of pyridine rings is 1. The fraction of sp³-hybridized carbons (Fsp3) is 0.526. The number of amides is 1. The molecule has 2 aromatic heterocycles. The van der Waals surface area contributed by atoms with E-state index in [4.69, 9.17) is 16.3 Å². The second-order valence-electron chi connectivity index (χ2n) is 7.82. The van der Waals surface area contributed by atoms with Gasteiger partial charge in [0, 0.05) is 30.2 Å². The van der Waals surface area contributed by atoms with Crippen LogP contribution in [0.2, 0.25) is 5.15 Å². The van der Waals surface area contributed by atoms with Crippen LogP contribution in [0.15, 0.2) is 12.1 Å². The molecule has 0 N–H and O–H groups in total. The molecular weight excluding hydrogens is 352 g/mol. The van der Waals surface area contributed by atoms with Crippen LogP contribution < -0.4 is 0 Å². The molecule has 0 aliphatic heterocycles. The minimum atomic E-state index is -0.510. The van der Waals surface area contributed by atoms with E-state index in [-0.39, 0.29) is 18.2 Å². The zero-order valence-corrected chi connectivity index (χ0v) is 16.5. The summed E-state index contributed by atoms with van der Waals surface area (Å²) in [7, 11) is 1.77. The third-order valence-electron chi connectivity index (χ3n) is 4.86. The third kappa shape index (κ3) is 3.24. The molecule has 2 heterocycles.